The maximum absolute atomic E-state index is 12.0. The van der Waals surface area contributed by atoms with Crippen LogP contribution in [0.15, 0.2) is 24.4 Å². The van der Waals surface area contributed by atoms with Gasteiger partial charge in [0.05, 0.1) is 13.0 Å². The van der Waals surface area contributed by atoms with Crippen LogP contribution in [0, 0.1) is 11.1 Å². The second kappa shape index (κ2) is 7.57. The molecule has 0 unspecified atom stereocenters. The summed E-state index contributed by atoms with van der Waals surface area (Å²) in [6, 6.07) is 4.34. The fourth-order valence-corrected chi connectivity index (χ4v) is 2.41. The standard InChI is InChI=1S/C15H18N2O6/c1-22-14(19)11-5-8-16(9-6-11)13(18)10-23-15(20)12-4-2-3-7-17(12)21/h2-4,7,11H,5-6,8-10H2,1H3. The maximum atomic E-state index is 12.0. The first-order chi connectivity index (χ1) is 11.0. The van der Waals surface area contributed by atoms with Crippen molar-refractivity contribution in [2.75, 3.05) is 26.8 Å². The van der Waals surface area contributed by atoms with E-state index in [2.05, 4.69) is 4.74 Å². The normalized spacial score (nSPS) is 15.1. The zero-order chi connectivity index (χ0) is 16.8. The minimum absolute atomic E-state index is 0.176. The lowest BCUT2D eigenvalue weighted by Crippen LogP contribution is -2.43. The second-order valence-electron chi connectivity index (χ2n) is 5.17. The minimum Gasteiger partial charge on any atom is -0.618 e. The number of piperidine rings is 1. The zero-order valence-electron chi connectivity index (χ0n) is 12.8. The topological polar surface area (TPSA) is 99.8 Å². The Bertz CT molecular complexity index is 595. The van der Waals surface area contributed by atoms with E-state index in [-0.39, 0.29) is 23.5 Å². The molecule has 0 N–H and O–H groups in total. The predicted molar refractivity (Wildman–Crippen MR) is 77.0 cm³/mol. The Hall–Kier alpha value is -2.64. The number of hydrogen-bond acceptors (Lipinski definition) is 6. The van der Waals surface area contributed by atoms with Gasteiger partial charge < -0.3 is 19.6 Å². The highest BCUT2D eigenvalue weighted by Crippen LogP contribution is 2.18. The van der Waals surface area contributed by atoms with Crippen molar-refractivity contribution in [2.24, 2.45) is 5.92 Å². The highest BCUT2D eigenvalue weighted by atomic mass is 16.5. The molecular weight excluding hydrogens is 304 g/mol. The van der Waals surface area contributed by atoms with E-state index in [9.17, 15) is 19.6 Å². The Balaban J connectivity index is 1.81. The molecule has 0 radical (unpaired) electrons. The van der Waals surface area contributed by atoms with E-state index in [0.29, 0.717) is 30.7 Å². The third-order valence-electron chi connectivity index (χ3n) is 3.74. The van der Waals surface area contributed by atoms with E-state index in [1.54, 1.807) is 0 Å². The quantitative estimate of drug-likeness (QED) is 0.435. The highest BCUT2D eigenvalue weighted by Gasteiger charge is 2.28. The Labute approximate surface area is 133 Å². The van der Waals surface area contributed by atoms with Crippen LogP contribution < -0.4 is 4.73 Å². The van der Waals surface area contributed by atoms with Gasteiger partial charge in [0.2, 0.25) is 0 Å². The number of nitrogens with zero attached hydrogens (tertiary/aromatic N) is 2. The van der Waals surface area contributed by atoms with Crippen LogP contribution in [0.4, 0.5) is 0 Å². The molecule has 0 aromatic carbocycles. The summed E-state index contributed by atoms with van der Waals surface area (Å²) in [7, 11) is 1.34. The lowest BCUT2D eigenvalue weighted by Gasteiger charge is -2.30. The number of esters is 2. The first kappa shape index (κ1) is 16.7. The number of aromatic nitrogens is 1. The van der Waals surface area contributed by atoms with Crippen LogP contribution in [0.3, 0.4) is 0 Å². The van der Waals surface area contributed by atoms with Crippen molar-refractivity contribution in [3.63, 3.8) is 0 Å². The summed E-state index contributed by atoms with van der Waals surface area (Å²) in [4.78, 5) is 36.7. The molecule has 1 aliphatic rings. The second-order valence-corrected chi connectivity index (χ2v) is 5.17. The van der Waals surface area contributed by atoms with Crippen molar-refractivity contribution in [3.8, 4) is 0 Å². The smallest absolute Gasteiger partial charge is 0.405 e. The molecule has 2 heterocycles. The maximum Gasteiger partial charge on any atom is 0.405 e. The number of hydrogen-bond donors (Lipinski definition) is 0. The van der Waals surface area contributed by atoms with E-state index in [1.807, 2.05) is 0 Å². The van der Waals surface area contributed by atoms with Crippen LogP contribution in [-0.2, 0) is 19.1 Å². The summed E-state index contributed by atoms with van der Waals surface area (Å²) in [5, 5.41) is 11.4. The zero-order valence-corrected chi connectivity index (χ0v) is 12.8. The van der Waals surface area contributed by atoms with E-state index >= 15 is 0 Å². The summed E-state index contributed by atoms with van der Waals surface area (Å²) >= 11 is 0. The summed E-state index contributed by atoms with van der Waals surface area (Å²) in [6.45, 7) is 0.378. The van der Waals surface area contributed by atoms with Gasteiger partial charge in [-0.2, -0.15) is 4.73 Å². The molecule has 124 valence electrons. The highest BCUT2D eigenvalue weighted by molar-refractivity contribution is 5.88. The van der Waals surface area contributed by atoms with Crippen molar-refractivity contribution in [3.05, 3.63) is 35.3 Å². The molecule has 1 aliphatic heterocycles. The molecule has 1 aromatic rings. The number of likely N-dealkylation sites (tertiary alicyclic amines) is 1. The average Bonchev–Trinajstić information content (AvgIpc) is 2.59. The Morgan fingerprint density at radius 3 is 2.61 bits per heavy atom. The van der Waals surface area contributed by atoms with Crippen LogP contribution in [0.2, 0.25) is 0 Å². The molecule has 8 nitrogen and oxygen atoms in total. The lowest BCUT2D eigenvalue weighted by atomic mass is 9.97. The van der Waals surface area contributed by atoms with Gasteiger partial charge in [0, 0.05) is 25.2 Å². The first-order valence-electron chi connectivity index (χ1n) is 7.24. The summed E-state index contributed by atoms with van der Waals surface area (Å²) in [5.74, 6) is -1.67. The van der Waals surface area contributed by atoms with Crippen molar-refractivity contribution in [2.45, 2.75) is 12.8 Å². The largest absolute Gasteiger partial charge is 0.618 e. The third kappa shape index (κ3) is 4.18. The molecule has 0 spiro atoms. The molecule has 0 aliphatic carbocycles. The lowest BCUT2D eigenvalue weighted by molar-refractivity contribution is -0.608. The predicted octanol–water partition coefficient (Wildman–Crippen LogP) is -0.112. The van der Waals surface area contributed by atoms with Crippen molar-refractivity contribution in [1.82, 2.24) is 4.90 Å². The summed E-state index contributed by atoms with van der Waals surface area (Å²) < 4.78 is 9.94. The molecule has 0 bridgehead atoms. The molecule has 1 amide bonds. The minimum atomic E-state index is -0.849. The van der Waals surface area contributed by atoms with Crippen LogP contribution in [0.1, 0.15) is 23.3 Å². The van der Waals surface area contributed by atoms with Crippen molar-refractivity contribution in [1.29, 1.82) is 0 Å². The molecule has 8 heteroatoms. The number of carbonyl (C=O) groups excluding carboxylic acids is 3. The van der Waals surface area contributed by atoms with Crippen LogP contribution in [0.5, 0.6) is 0 Å². The molecule has 1 fully saturated rings. The van der Waals surface area contributed by atoms with E-state index < -0.39 is 12.6 Å². The van der Waals surface area contributed by atoms with Crippen LogP contribution in [0.25, 0.3) is 0 Å². The van der Waals surface area contributed by atoms with Gasteiger partial charge in [0.25, 0.3) is 5.91 Å². The van der Waals surface area contributed by atoms with E-state index in [4.69, 9.17) is 4.74 Å². The fourth-order valence-electron chi connectivity index (χ4n) is 2.41. The van der Waals surface area contributed by atoms with Crippen molar-refractivity contribution >= 4 is 17.8 Å². The van der Waals surface area contributed by atoms with Gasteiger partial charge in [0.1, 0.15) is 0 Å². The van der Waals surface area contributed by atoms with Gasteiger partial charge in [0.15, 0.2) is 12.8 Å². The number of carbonyl (C=O) groups is 3. The Morgan fingerprint density at radius 1 is 1.30 bits per heavy atom. The number of amides is 1. The number of pyridine rings is 1. The van der Waals surface area contributed by atoms with Gasteiger partial charge in [-0.05, 0) is 18.9 Å². The molecule has 23 heavy (non-hydrogen) atoms. The van der Waals surface area contributed by atoms with Crippen molar-refractivity contribution < 1.29 is 28.6 Å². The van der Waals surface area contributed by atoms with E-state index in [1.165, 1.54) is 36.4 Å². The average molecular weight is 322 g/mol. The monoisotopic (exact) mass is 322 g/mol. The number of ether oxygens (including phenoxy) is 2. The van der Waals surface area contributed by atoms with Crippen LogP contribution >= 0.6 is 0 Å². The van der Waals surface area contributed by atoms with Gasteiger partial charge in [-0.15, -0.1) is 0 Å². The molecular formula is C15H18N2O6. The number of rotatable bonds is 4. The molecule has 1 saturated heterocycles. The Morgan fingerprint density at radius 2 is 2.00 bits per heavy atom. The van der Waals surface area contributed by atoms with Crippen LogP contribution in [-0.4, -0.2) is 49.6 Å². The molecule has 0 saturated carbocycles. The summed E-state index contributed by atoms with van der Waals surface area (Å²) in [5.41, 5.74) is -0.176. The molecule has 0 atom stereocenters. The summed E-state index contributed by atoms with van der Waals surface area (Å²) in [6.07, 6.45) is 2.22. The first-order valence-corrected chi connectivity index (χ1v) is 7.24. The third-order valence-corrected chi connectivity index (χ3v) is 3.74. The molecule has 1 aromatic heterocycles. The van der Waals surface area contributed by atoms with Gasteiger partial charge in [-0.3, -0.25) is 9.59 Å². The molecule has 2 rings (SSSR count). The van der Waals surface area contributed by atoms with E-state index in [0.717, 1.165) is 0 Å². The fraction of sp³-hybridized carbons (Fsp3) is 0.467. The number of methoxy groups -OCH3 is 1. The van der Waals surface area contributed by atoms with Gasteiger partial charge >= 0.3 is 17.6 Å². The van der Waals surface area contributed by atoms with Gasteiger partial charge in [-0.1, -0.05) is 0 Å². The Kier molecular flexibility index (Phi) is 5.51. The van der Waals surface area contributed by atoms with Gasteiger partial charge in [-0.25, -0.2) is 4.79 Å². The SMILES string of the molecule is COC(=O)C1CCN(C(=O)COC(=O)c2cccc[n+]2[O-])CC1.